The van der Waals surface area contributed by atoms with Crippen molar-refractivity contribution in [3.8, 4) is 11.3 Å². The van der Waals surface area contributed by atoms with E-state index in [0.29, 0.717) is 25.4 Å². The molecule has 0 aliphatic carbocycles. The number of aromatic amines is 1. The topological polar surface area (TPSA) is 61.5 Å². The van der Waals surface area contributed by atoms with Gasteiger partial charge in [-0.2, -0.15) is 5.10 Å². The minimum Gasteiger partial charge on any atom is -0.383 e. The lowest BCUT2D eigenvalue weighted by Gasteiger charge is -2.23. The van der Waals surface area contributed by atoms with Crippen LogP contribution in [0, 0.1) is 0 Å². The van der Waals surface area contributed by atoms with Crippen molar-refractivity contribution in [2.45, 2.75) is 0 Å². The highest BCUT2D eigenvalue weighted by Crippen LogP contribution is 2.20. The predicted octanol–water partition coefficient (Wildman–Crippen LogP) is 2.49. The molecule has 0 fully saturated rings. The smallest absolute Gasteiger partial charge is 0.272 e. The van der Waals surface area contributed by atoms with Gasteiger partial charge in [-0.05, 0) is 32.3 Å². The molecule has 0 spiro atoms. The quantitative estimate of drug-likeness (QED) is 0.746. The van der Waals surface area contributed by atoms with Crippen molar-refractivity contribution < 1.29 is 9.53 Å². The van der Waals surface area contributed by atoms with Crippen LogP contribution in [0.3, 0.4) is 0 Å². The normalized spacial score (nSPS) is 11.0. The fourth-order valence-corrected chi connectivity index (χ4v) is 2.47. The predicted molar refractivity (Wildman–Crippen MR) is 98.1 cm³/mol. The average Bonchev–Trinajstić information content (AvgIpc) is 3.05. The number of hydrogen-bond acceptors (Lipinski definition) is 4. The van der Waals surface area contributed by atoms with E-state index < -0.39 is 0 Å². The third kappa shape index (κ3) is 5.15. The monoisotopic (exact) mass is 394 g/mol. The number of rotatable bonds is 8. The summed E-state index contributed by atoms with van der Waals surface area (Å²) >= 11 is 3.41. The van der Waals surface area contributed by atoms with Crippen LogP contribution >= 0.6 is 15.9 Å². The molecule has 0 aliphatic heterocycles. The number of ether oxygens (including phenoxy) is 1. The number of carbonyl (C=O) groups is 1. The molecule has 1 heterocycles. The summed E-state index contributed by atoms with van der Waals surface area (Å²) in [5.74, 6) is -0.0650. The molecule has 0 aliphatic rings. The van der Waals surface area contributed by atoms with Crippen LogP contribution in [0.5, 0.6) is 0 Å². The minimum absolute atomic E-state index is 0.0650. The summed E-state index contributed by atoms with van der Waals surface area (Å²) in [4.78, 5) is 16.6. The number of benzene rings is 1. The molecule has 1 amide bonds. The first-order chi connectivity index (χ1) is 11.5. The second-order valence-corrected chi connectivity index (χ2v) is 6.68. The van der Waals surface area contributed by atoms with E-state index in [-0.39, 0.29) is 5.91 Å². The molecule has 1 aromatic carbocycles. The molecule has 1 aromatic heterocycles. The molecule has 0 atom stereocenters. The van der Waals surface area contributed by atoms with Gasteiger partial charge >= 0.3 is 0 Å². The highest BCUT2D eigenvalue weighted by molar-refractivity contribution is 9.10. The summed E-state index contributed by atoms with van der Waals surface area (Å²) in [6.07, 6.45) is 0. The number of aromatic nitrogens is 2. The van der Waals surface area contributed by atoms with E-state index in [9.17, 15) is 4.79 Å². The molecule has 1 N–H and O–H groups in total. The Labute approximate surface area is 150 Å². The fraction of sp³-hybridized carbons (Fsp3) is 0.412. The van der Waals surface area contributed by atoms with Gasteiger partial charge in [0.1, 0.15) is 5.69 Å². The number of carbonyl (C=O) groups excluding carboxylic acids is 1. The van der Waals surface area contributed by atoms with Crippen LogP contribution < -0.4 is 0 Å². The van der Waals surface area contributed by atoms with Gasteiger partial charge in [0.2, 0.25) is 0 Å². The number of hydrogen-bond donors (Lipinski definition) is 1. The molecule has 2 rings (SSSR count). The summed E-state index contributed by atoms with van der Waals surface area (Å²) in [5, 5.41) is 7.12. The van der Waals surface area contributed by atoms with Crippen molar-refractivity contribution in [3.05, 3.63) is 40.5 Å². The van der Waals surface area contributed by atoms with Gasteiger partial charge in [-0.25, -0.2) is 0 Å². The number of amides is 1. The summed E-state index contributed by atoms with van der Waals surface area (Å²) in [6, 6.07) is 9.62. The van der Waals surface area contributed by atoms with Gasteiger partial charge in [-0.15, -0.1) is 0 Å². The van der Waals surface area contributed by atoms with Gasteiger partial charge < -0.3 is 14.5 Å². The molecule has 0 radical (unpaired) electrons. The number of nitrogens with zero attached hydrogens (tertiary/aromatic N) is 3. The Morgan fingerprint density at radius 1 is 1.21 bits per heavy atom. The highest BCUT2D eigenvalue weighted by atomic mass is 79.9. The van der Waals surface area contributed by atoms with Gasteiger partial charge in [0.25, 0.3) is 5.91 Å². The first-order valence-electron chi connectivity index (χ1n) is 7.75. The maximum atomic E-state index is 12.7. The first kappa shape index (κ1) is 18.6. The number of likely N-dealkylation sites (N-methyl/N-ethyl adjacent to an activating group) is 1. The van der Waals surface area contributed by atoms with E-state index in [1.165, 1.54) is 0 Å². The van der Waals surface area contributed by atoms with Gasteiger partial charge in [0, 0.05) is 36.8 Å². The summed E-state index contributed by atoms with van der Waals surface area (Å²) in [6.45, 7) is 2.49. The van der Waals surface area contributed by atoms with Crippen LogP contribution in [0.4, 0.5) is 0 Å². The number of halogens is 1. The molecule has 2 aromatic rings. The molecule has 6 nitrogen and oxygen atoms in total. The minimum atomic E-state index is -0.0650. The second-order valence-electron chi connectivity index (χ2n) is 5.76. The van der Waals surface area contributed by atoms with Crippen LogP contribution in [0.15, 0.2) is 34.8 Å². The molecular weight excluding hydrogens is 372 g/mol. The van der Waals surface area contributed by atoms with Crippen LogP contribution in [-0.4, -0.2) is 73.4 Å². The Bertz CT molecular complexity index is 655. The zero-order chi connectivity index (χ0) is 17.5. The Morgan fingerprint density at radius 2 is 1.92 bits per heavy atom. The van der Waals surface area contributed by atoms with Crippen LogP contribution in [-0.2, 0) is 4.74 Å². The fourth-order valence-electron chi connectivity index (χ4n) is 2.21. The van der Waals surface area contributed by atoms with Crippen LogP contribution in [0.25, 0.3) is 11.3 Å². The molecule has 130 valence electrons. The Kier molecular flexibility index (Phi) is 6.96. The zero-order valence-corrected chi connectivity index (χ0v) is 15.8. The van der Waals surface area contributed by atoms with Gasteiger partial charge in [0.15, 0.2) is 0 Å². The zero-order valence-electron chi connectivity index (χ0n) is 14.3. The Morgan fingerprint density at radius 3 is 2.54 bits per heavy atom. The largest absolute Gasteiger partial charge is 0.383 e. The molecule has 0 saturated heterocycles. The summed E-state index contributed by atoms with van der Waals surface area (Å²) < 4.78 is 6.12. The summed E-state index contributed by atoms with van der Waals surface area (Å²) in [7, 11) is 5.61. The molecular formula is C17H23BrN4O2. The van der Waals surface area contributed by atoms with Gasteiger partial charge in [0.05, 0.1) is 12.3 Å². The first-order valence-corrected chi connectivity index (χ1v) is 8.55. The Balaban J connectivity index is 2.12. The molecule has 0 saturated carbocycles. The van der Waals surface area contributed by atoms with E-state index in [1.54, 1.807) is 18.1 Å². The average molecular weight is 395 g/mol. The third-order valence-electron chi connectivity index (χ3n) is 3.62. The number of methoxy groups -OCH3 is 1. The summed E-state index contributed by atoms with van der Waals surface area (Å²) in [5.41, 5.74) is 2.21. The van der Waals surface area contributed by atoms with Gasteiger partial charge in [-0.3, -0.25) is 9.89 Å². The van der Waals surface area contributed by atoms with Gasteiger partial charge in [-0.1, -0.05) is 28.1 Å². The van der Waals surface area contributed by atoms with Crippen molar-refractivity contribution in [1.29, 1.82) is 0 Å². The van der Waals surface area contributed by atoms with E-state index in [1.807, 2.05) is 43.3 Å². The molecule has 0 unspecified atom stereocenters. The maximum Gasteiger partial charge on any atom is 0.272 e. The molecule has 0 bridgehead atoms. The van der Waals surface area contributed by atoms with Crippen molar-refractivity contribution in [2.24, 2.45) is 0 Å². The van der Waals surface area contributed by atoms with Crippen molar-refractivity contribution in [2.75, 3.05) is 47.4 Å². The van der Waals surface area contributed by atoms with Crippen molar-refractivity contribution in [3.63, 3.8) is 0 Å². The SMILES string of the molecule is COCCN(CCN(C)C)C(=O)c1cc(-c2ccc(Br)cc2)n[nH]1. The highest BCUT2D eigenvalue weighted by Gasteiger charge is 2.18. The van der Waals surface area contributed by atoms with E-state index in [2.05, 4.69) is 26.1 Å². The van der Waals surface area contributed by atoms with E-state index in [0.717, 1.165) is 22.3 Å². The maximum absolute atomic E-state index is 12.7. The lowest BCUT2D eigenvalue weighted by molar-refractivity contribution is 0.0677. The standard InChI is InChI=1S/C17H23BrN4O2/c1-21(2)8-9-22(10-11-24-3)17(23)16-12-15(19-20-16)13-4-6-14(18)7-5-13/h4-7,12H,8-11H2,1-3H3,(H,19,20). The lowest BCUT2D eigenvalue weighted by atomic mass is 10.1. The molecule has 7 heteroatoms. The van der Waals surface area contributed by atoms with Crippen molar-refractivity contribution in [1.82, 2.24) is 20.0 Å². The number of H-pyrrole nitrogens is 1. The lowest BCUT2D eigenvalue weighted by Crippen LogP contribution is -2.38. The van der Waals surface area contributed by atoms with Crippen LogP contribution in [0.2, 0.25) is 0 Å². The van der Waals surface area contributed by atoms with E-state index >= 15 is 0 Å². The third-order valence-corrected chi connectivity index (χ3v) is 4.15. The number of nitrogens with one attached hydrogen (secondary N) is 1. The van der Waals surface area contributed by atoms with E-state index in [4.69, 9.17) is 4.74 Å². The Hall–Kier alpha value is -1.70. The van der Waals surface area contributed by atoms with Crippen molar-refractivity contribution >= 4 is 21.8 Å². The molecule has 24 heavy (non-hydrogen) atoms. The van der Waals surface area contributed by atoms with Crippen LogP contribution in [0.1, 0.15) is 10.5 Å². The second kappa shape index (κ2) is 8.96.